The Bertz CT molecular complexity index is 973. The molecular weight excluding hydrogens is 467 g/mol. The van der Waals surface area contributed by atoms with Gasteiger partial charge in [-0.15, -0.1) is 0 Å². The zero-order chi connectivity index (χ0) is 23.2. The number of pyridine rings is 1. The highest BCUT2D eigenvalue weighted by atomic mass is 35.5. The van der Waals surface area contributed by atoms with Crippen LogP contribution in [0.2, 0.25) is 10.2 Å². The van der Waals surface area contributed by atoms with E-state index in [0.717, 1.165) is 32.6 Å². The number of rotatable bonds is 8. The molecule has 0 radical (unpaired) electrons. The minimum atomic E-state index is -0.160. The number of aromatic nitrogens is 3. The summed E-state index contributed by atoms with van der Waals surface area (Å²) >= 11 is 12.8. The molecule has 2 aromatic heterocycles. The Morgan fingerprint density at radius 1 is 1.24 bits per heavy atom. The first-order valence-corrected chi connectivity index (χ1v) is 11.8. The van der Waals surface area contributed by atoms with E-state index in [-0.39, 0.29) is 23.0 Å². The van der Waals surface area contributed by atoms with Gasteiger partial charge < -0.3 is 25.4 Å². The van der Waals surface area contributed by atoms with E-state index < -0.39 is 0 Å². The molecule has 33 heavy (non-hydrogen) atoms. The van der Waals surface area contributed by atoms with Crippen molar-refractivity contribution in [3.05, 3.63) is 28.6 Å². The summed E-state index contributed by atoms with van der Waals surface area (Å²) < 4.78 is 10.6. The number of carbonyl (C=O) groups is 1. The summed E-state index contributed by atoms with van der Waals surface area (Å²) in [5.41, 5.74) is 0.982. The fourth-order valence-electron chi connectivity index (χ4n) is 4.09. The average molecular weight is 495 g/mol. The molecule has 0 bridgehead atoms. The topological polar surface area (TPSA) is 110 Å². The van der Waals surface area contributed by atoms with Gasteiger partial charge in [0.25, 0.3) is 0 Å². The second-order valence-corrected chi connectivity index (χ2v) is 9.13. The van der Waals surface area contributed by atoms with Crippen LogP contribution in [-0.4, -0.2) is 66.9 Å². The Morgan fingerprint density at radius 3 is 2.85 bits per heavy atom. The number of hydrogen-bond donors (Lipinski definition) is 3. The fraction of sp³-hybridized carbons (Fsp3) is 0.545. The van der Waals surface area contributed by atoms with Gasteiger partial charge >= 0.3 is 0 Å². The fourth-order valence-corrected chi connectivity index (χ4v) is 4.48. The van der Waals surface area contributed by atoms with Crippen LogP contribution in [0.15, 0.2) is 18.5 Å². The Hall–Kier alpha value is -2.04. The van der Waals surface area contributed by atoms with Crippen LogP contribution in [0.4, 0.5) is 11.6 Å². The lowest BCUT2D eigenvalue weighted by Crippen LogP contribution is -2.26. The first kappa shape index (κ1) is 24.1. The van der Waals surface area contributed by atoms with E-state index in [9.17, 15) is 4.79 Å². The zero-order valence-corrected chi connectivity index (χ0v) is 20.0. The lowest BCUT2D eigenvalue weighted by atomic mass is 10.0. The number of anilines is 2. The van der Waals surface area contributed by atoms with Gasteiger partial charge in [0, 0.05) is 51.2 Å². The third kappa shape index (κ3) is 6.30. The van der Waals surface area contributed by atoms with Crippen molar-refractivity contribution in [2.45, 2.75) is 25.3 Å². The molecule has 2 atom stereocenters. The molecule has 178 valence electrons. The van der Waals surface area contributed by atoms with E-state index in [1.54, 1.807) is 19.4 Å². The van der Waals surface area contributed by atoms with Crippen molar-refractivity contribution in [1.82, 2.24) is 20.3 Å². The molecule has 2 fully saturated rings. The first-order chi connectivity index (χ1) is 16.0. The maximum atomic E-state index is 12.7. The second kappa shape index (κ2) is 11.4. The number of ether oxygens (including phenoxy) is 2. The van der Waals surface area contributed by atoms with Crippen molar-refractivity contribution in [1.29, 1.82) is 0 Å². The van der Waals surface area contributed by atoms with E-state index in [4.69, 9.17) is 32.7 Å². The second-order valence-electron chi connectivity index (χ2n) is 8.36. The number of hydrogen-bond acceptors (Lipinski definition) is 8. The highest BCUT2D eigenvalue weighted by molar-refractivity contribution is 6.35. The molecule has 0 spiro atoms. The van der Waals surface area contributed by atoms with Crippen LogP contribution < -0.4 is 16.0 Å². The lowest BCUT2D eigenvalue weighted by Gasteiger charge is -2.22. The minimum Gasteiger partial charge on any atom is -0.383 e. The van der Waals surface area contributed by atoms with Crippen molar-refractivity contribution in [2.75, 3.05) is 50.7 Å². The number of halogens is 2. The molecule has 0 saturated carbocycles. The van der Waals surface area contributed by atoms with E-state index in [1.807, 2.05) is 0 Å². The summed E-state index contributed by atoms with van der Waals surface area (Å²) in [6.45, 7) is 3.52. The third-order valence-electron chi connectivity index (χ3n) is 5.96. The van der Waals surface area contributed by atoms with E-state index in [1.165, 1.54) is 6.20 Å². The Kier molecular flexibility index (Phi) is 8.32. The predicted molar refractivity (Wildman–Crippen MR) is 128 cm³/mol. The van der Waals surface area contributed by atoms with Gasteiger partial charge in [-0.1, -0.05) is 23.2 Å². The molecule has 4 heterocycles. The standard InChI is InChI=1S/C22H28Cl2N6O3/c1-32-12-15-6-14(9-25-15)22(31)30-18-7-16(17(23)10-27-18)20-21(24)28-11-19(29-20)26-8-13-2-4-33-5-3-13/h7,10-11,13-15,25H,2-6,8-9,12H2,1H3,(H,26,29)(H,27,30,31). The predicted octanol–water partition coefficient (Wildman–Crippen LogP) is 3.25. The van der Waals surface area contributed by atoms with Crippen LogP contribution in [0.25, 0.3) is 11.3 Å². The number of nitrogens with one attached hydrogen (secondary N) is 3. The molecule has 9 nitrogen and oxygen atoms in total. The van der Waals surface area contributed by atoms with Crippen molar-refractivity contribution >= 4 is 40.7 Å². The van der Waals surface area contributed by atoms with Gasteiger partial charge in [-0.2, -0.15) is 0 Å². The van der Waals surface area contributed by atoms with E-state index in [0.29, 0.717) is 53.4 Å². The van der Waals surface area contributed by atoms with Gasteiger partial charge in [0.15, 0.2) is 5.15 Å². The van der Waals surface area contributed by atoms with Crippen LogP contribution in [-0.2, 0) is 14.3 Å². The number of methoxy groups -OCH3 is 1. The van der Waals surface area contributed by atoms with Gasteiger partial charge in [-0.25, -0.2) is 15.0 Å². The molecule has 0 aliphatic carbocycles. The van der Waals surface area contributed by atoms with Crippen LogP contribution in [0, 0.1) is 11.8 Å². The normalized spacial score (nSPS) is 21.2. The highest BCUT2D eigenvalue weighted by Gasteiger charge is 2.29. The molecule has 4 rings (SSSR count). The largest absolute Gasteiger partial charge is 0.383 e. The maximum absolute atomic E-state index is 12.7. The average Bonchev–Trinajstić information content (AvgIpc) is 3.30. The van der Waals surface area contributed by atoms with Crippen molar-refractivity contribution in [3.8, 4) is 11.3 Å². The number of carbonyl (C=O) groups excluding carboxylic acids is 1. The molecule has 2 aromatic rings. The summed E-state index contributed by atoms with van der Waals surface area (Å²) in [6, 6.07) is 1.85. The summed E-state index contributed by atoms with van der Waals surface area (Å²) in [7, 11) is 1.65. The molecule has 2 saturated heterocycles. The summed E-state index contributed by atoms with van der Waals surface area (Å²) in [5.74, 6) is 1.26. The molecular formula is C22H28Cl2N6O3. The van der Waals surface area contributed by atoms with Crippen LogP contribution in [0.5, 0.6) is 0 Å². The molecule has 1 amide bonds. The van der Waals surface area contributed by atoms with Crippen molar-refractivity contribution in [3.63, 3.8) is 0 Å². The molecule has 2 aliphatic rings. The third-order valence-corrected chi connectivity index (χ3v) is 6.54. The van der Waals surface area contributed by atoms with Crippen molar-refractivity contribution < 1.29 is 14.3 Å². The van der Waals surface area contributed by atoms with E-state index in [2.05, 4.69) is 30.9 Å². The summed E-state index contributed by atoms with van der Waals surface area (Å²) in [4.78, 5) is 25.9. The number of nitrogens with zero attached hydrogens (tertiary/aromatic N) is 3. The van der Waals surface area contributed by atoms with Crippen LogP contribution in [0.1, 0.15) is 19.3 Å². The SMILES string of the molecule is COCC1CC(C(=O)Nc2cc(-c3nc(NCC4CCOCC4)cnc3Cl)c(Cl)cn2)CN1. The van der Waals surface area contributed by atoms with Gasteiger partial charge in [0.1, 0.15) is 17.3 Å². The smallest absolute Gasteiger partial charge is 0.229 e. The van der Waals surface area contributed by atoms with Gasteiger partial charge in [0.05, 0.1) is 23.7 Å². The first-order valence-electron chi connectivity index (χ1n) is 11.1. The van der Waals surface area contributed by atoms with Gasteiger partial charge in [0.2, 0.25) is 5.91 Å². The highest BCUT2D eigenvalue weighted by Crippen LogP contribution is 2.33. The van der Waals surface area contributed by atoms with Crippen LogP contribution >= 0.6 is 23.2 Å². The minimum absolute atomic E-state index is 0.106. The Balaban J connectivity index is 1.46. The monoisotopic (exact) mass is 494 g/mol. The maximum Gasteiger partial charge on any atom is 0.229 e. The zero-order valence-electron chi connectivity index (χ0n) is 18.4. The van der Waals surface area contributed by atoms with E-state index >= 15 is 0 Å². The summed E-state index contributed by atoms with van der Waals surface area (Å²) in [5, 5.41) is 10.1. The molecule has 0 aromatic carbocycles. The number of amides is 1. The van der Waals surface area contributed by atoms with Gasteiger partial charge in [-0.3, -0.25) is 4.79 Å². The quantitative estimate of drug-likeness (QED) is 0.512. The Labute approximate surface area is 203 Å². The molecule has 3 N–H and O–H groups in total. The summed E-state index contributed by atoms with van der Waals surface area (Å²) in [6.07, 6.45) is 5.82. The molecule has 11 heteroatoms. The Morgan fingerprint density at radius 2 is 2.06 bits per heavy atom. The lowest BCUT2D eigenvalue weighted by molar-refractivity contribution is -0.119. The molecule has 2 aliphatic heterocycles. The molecule has 2 unspecified atom stereocenters. The van der Waals surface area contributed by atoms with Gasteiger partial charge in [-0.05, 0) is 31.2 Å². The van der Waals surface area contributed by atoms with Crippen molar-refractivity contribution in [2.24, 2.45) is 11.8 Å². The van der Waals surface area contributed by atoms with Crippen LogP contribution in [0.3, 0.4) is 0 Å².